The van der Waals surface area contributed by atoms with Crippen molar-refractivity contribution in [3.8, 4) is 0 Å². The first-order chi connectivity index (χ1) is 7.50. The van der Waals surface area contributed by atoms with E-state index in [-0.39, 0.29) is 23.4 Å². The Kier molecular flexibility index (Phi) is 4.55. The molecule has 16 heavy (non-hydrogen) atoms. The molecule has 0 unspecified atom stereocenters. The van der Waals surface area contributed by atoms with E-state index >= 15 is 0 Å². The van der Waals surface area contributed by atoms with Crippen LogP contribution in [0.4, 0.5) is 10.1 Å². The summed E-state index contributed by atoms with van der Waals surface area (Å²) in [5.74, 6) is -0.945. The zero-order valence-corrected chi connectivity index (χ0v) is 9.84. The summed E-state index contributed by atoms with van der Waals surface area (Å²) in [6, 6.07) is 4.30. The lowest BCUT2D eigenvalue weighted by molar-refractivity contribution is -0.145. The van der Waals surface area contributed by atoms with Crippen LogP contribution in [0.15, 0.2) is 18.2 Å². The Balaban J connectivity index is 2.58. The van der Waals surface area contributed by atoms with Crippen molar-refractivity contribution in [1.29, 1.82) is 0 Å². The van der Waals surface area contributed by atoms with Gasteiger partial charge in [-0.15, -0.1) is 0 Å². The fraction of sp³-hybridized carbons (Fsp3) is 0.364. The van der Waals surface area contributed by atoms with Crippen molar-refractivity contribution in [2.45, 2.75) is 20.0 Å². The van der Waals surface area contributed by atoms with Gasteiger partial charge in [0.25, 0.3) is 0 Å². The molecule has 0 aromatic heterocycles. The highest BCUT2D eigenvalue weighted by molar-refractivity contribution is 6.33. The lowest BCUT2D eigenvalue weighted by atomic mass is 10.3. The van der Waals surface area contributed by atoms with Gasteiger partial charge < -0.3 is 10.1 Å². The number of carbonyl (C=O) groups excluding carboxylic acids is 1. The summed E-state index contributed by atoms with van der Waals surface area (Å²) in [6.07, 6.45) is -0.189. The van der Waals surface area contributed by atoms with E-state index in [0.717, 1.165) is 0 Å². The summed E-state index contributed by atoms with van der Waals surface area (Å²) < 4.78 is 18.1. The number of halogens is 2. The van der Waals surface area contributed by atoms with E-state index in [4.69, 9.17) is 16.3 Å². The molecule has 0 radical (unpaired) electrons. The first-order valence-electron chi connectivity index (χ1n) is 4.88. The molecule has 88 valence electrons. The molecule has 0 aliphatic rings. The highest BCUT2D eigenvalue weighted by Gasteiger charge is 2.09. The molecular weight excluding hydrogens is 233 g/mol. The Bertz CT molecular complexity index is 362. The Morgan fingerprint density at radius 3 is 2.81 bits per heavy atom. The molecule has 0 saturated carbocycles. The number of nitrogens with one attached hydrogen (secondary N) is 1. The number of para-hydroxylation sites is 1. The average Bonchev–Trinajstić information content (AvgIpc) is 2.15. The molecule has 0 aliphatic heterocycles. The summed E-state index contributed by atoms with van der Waals surface area (Å²) in [7, 11) is 0. The van der Waals surface area contributed by atoms with Gasteiger partial charge in [-0.2, -0.15) is 0 Å². The standard InChI is InChI=1S/C11H13ClFNO2/c1-7(2)16-10(15)6-14-11-8(12)4-3-5-9(11)13/h3-5,7,14H,6H2,1-2H3. The van der Waals surface area contributed by atoms with E-state index in [2.05, 4.69) is 5.32 Å². The highest BCUT2D eigenvalue weighted by atomic mass is 35.5. The second kappa shape index (κ2) is 5.70. The van der Waals surface area contributed by atoms with Crippen LogP contribution < -0.4 is 5.32 Å². The number of rotatable bonds is 4. The van der Waals surface area contributed by atoms with Crippen LogP contribution >= 0.6 is 11.6 Å². The van der Waals surface area contributed by atoms with Crippen LogP contribution in [-0.4, -0.2) is 18.6 Å². The van der Waals surface area contributed by atoms with Crippen molar-refractivity contribution in [1.82, 2.24) is 0 Å². The van der Waals surface area contributed by atoms with Crippen molar-refractivity contribution in [2.75, 3.05) is 11.9 Å². The second-order valence-electron chi connectivity index (χ2n) is 3.49. The van der Waals surface area contributed by atoms with Crippen molar-refractivity contribution in [2.24, 2.45) is 0 Å². The molecule has 0 heterocycles. The molecule has 5 heteroatoms. The van der Waals surface area contributed by atoms with Crippen LogP contribution in [0.3, 0.4) is 0 Å². The molecule has 0 spiro atoms. The minimum absolute atomic E-state index is 0.112. The molecule has 1 aromatic carbocycles. The molecule has 1 rings (SSSR count). The number of benzene rings is 1. The molecular formula is C11H13ClFNO2. The lowest BCUT2D eigenvalue weighted by Crippen LogP contribution is -2.20. The Morgan fingerprint density at radius 2 is 2.25 bits per heavy atom. The van der Waals surface area contributed by atoms with Gasteiger partial charge in [0.15, 0.2) is 0 Å². The van der Waals surface area contributed by atoms with E-state index < -0.39 is 11.8 Å². The third-order valence-corrected chi connectivity index (χ3v) is 2.05. The summed E-state index contributed by atoms with van der Waals surface area (Å²) >= 11 is 5.76. The number of anilines is 1. The first kappa shape index (κ1) is 12.8. The van der Waals surface area contributed by atoms with Crippen molar-refractivity contribution < 1.29 is 13.9 Å². The molecule has 1 N–H and O–H groups in total. The molecule has 0 amide bonds. The molecule has 0 bridgehead atoms. The van der Waals surface area contributed by atoms with Crippen molar-refractivity contribution >= 4 is 23.3 Å². The van der Waals surface area contributed by atoms with E-state index in [1.807, 2.05) is 0 Å². The molecule has 0 atom stereocenters. The van der Waals surface area contributed by atoms with E-state index in [0.29, 0.717) is 0 Å². The summed E-state index contributed by atoms with van der Waals surface area (Å²) in [4.78, 5) is 11.2. The zero-order chi connectivity index (χ0) is 12.1. The van der Waals surface area contributed by atoms with E-state index in [1.165, 1.54) is 12.1 Å². The number of hydrogen-bond donors (Lipinski definition) is 1. The van der Waals surface area contributed by atoms with Gasteiger partial charge in [-0.1, -0.05) is 17.7 Å². The minimum atomic E-state index is -0.496. The van der Waals surface area contributed by atoms with Crippen molar-refractivity contribution in [3.05, 3.63) is 29.0 Å². The number of carbonyl (C=O) groups is 1. The quantitative estimate of drug-likeness (QED) is 0.829. The van der Waals surface area contributed by atoms with Crippen LogP contribution in [0.25, 0.3) is 0 Å². The fourth-order valence-corrected chi connectivity index (χ4v) is 1.36. The van der Waals surface area contributed by atoms with Crippen molar-refractivity contribution in [3.63, 3.8) is 0 Å². The fourth-order valence-electron chi connectivity index (χ4n) is 1.13. The maximum absolute atomic E-state index is 13.3. The van der Waals surface area contributed by atoms with Gasteiger partial charge in [-0.05, 0) is 26.0 Å². The highest BCUT2D eigenvalue weighted by Crippen LogP contribution is 2.24. The summed E-state index contributed by atoms with van der Waals surface area (Å²) in [5.41, 5.74) is 0.116. The van der Waals surface area contributed by atoms with Crippen LogP contribution in [0.2, 0.25) is 5.02 Å². The summed E-state index contributed by atoms with van der Waals surface area (Å²) in [5, 5.41) is 2.84. The smallest absolute Gasteiger partial charge is 0.325 e. The maximum Gasteiger partial charge on any atom is 0.325 e. The van der Waals surface area contributed by atoms with Crippen LogP contribution in [0, 0.1) is 5.82 Å². The third kappa shape index (κ3) is 3.70. The van der Waals surface area contributed by atoms with Gasteiger partial charge in [0.1, 0.15) is 12.4 Å². The van der Waals surface area contributed by atoms with Crippen LogP contribution in [-0.2, 0) is 9.53 Å². The van der Waals surface area contributed by atoms with Gasteiger partial charge in [0.2, 0.25) is 0 Å². The number of hydrogen-bond acceptors (Lipinski definition) is 3. The Labute approximate surface area is 98.5 Å². The molecule has 0 saturated heterocycles. The van der Waals surface area contributed by atoms with Gasteiger partial charge in [0, 0.05) is 0 Å². The topological polar surface area (TPSA) is 38.3 Å². The average molecular weight is 246 g/mol. The predicted octanol–water partition coefficient (Wildman–Crippen LogP) is 2.84. The predicted molar refractivity (Wildman–Crippen MR) is 61.1 cm³/mol. The monoisotopic (exact) mass is 245 g/mol. The zero-order valence-electron chi connectivity index (χ0n) is 9.09. The maximum atomic E-state index is 13.3. The van der Waals surface area contributed by atoms with Gasteiger partial charge in [-0.25, -0.2) is 4.39 Å². The Morgan fingerprint density at radius 1 is 1.56 bits per heavy atom. The van der Waals surface area contributed by atoms with Gasteiger partial charge in [0.05, 0.1) is 16.8 Å². The van der Waals surface area contributed by atoms with Crippen LogP contribution in [0.5, 0.6) is 0 Å². The minimum Gasteiger partial charge on any atom is -0.462 e. The molecule has 0 fully saturated rings. The SMILES string of the molecule is CC(C)OC(=O)CNc1c(F)cccc1Cl. The normalized spacial score (nSPS) is 10.3. The van der Waals surface area contributed by atoms with Crippen LogP contribution in [0.1, 0.15) is 13.8 Å². The molecule has 0 aliphatic carbocycles. The molecule has 1 aromatic rings. The third-order valence-electron chi connectivity index (χ3n) is 1.74. The molecule has 3 nitrogen and oxygen atoms in total. The van der Waals surface area contributed by atoms with Gasteiger partial charge >= 0.3 is 5.97 Å². The second-order valence-corrected chi connectivity index (χ2v) is 3.90. The number of esters is 1. The first-order valence-corrected chi connectivity index (χ1v) is 5.26. The lowest BCUT2D eigenvalue weighted by Gasteiger charge is -2.11. The summed E-state index contributed by atoms with van der Waals surface area (Å²) in [6.45, 7) is 3.38. The van der Waals surface area contributed by atoms with E-state index in [1.54, 1.807) is 19.9 Å². The largest absolute Gasteiger partial charge is 0.462 e. The Hall–Kier alpha value is -1.29. The van der Waals surface area contributed by atoms with E-state index in [9.17, 15) is 9.18 Å². The number of ether oxygens (including phenoxy) is 1. The van der Waals surface area contributed by atoms with Gasteiger partial charge in [-0.3, -0.25) is 4.79 Å².